The summed E-state index contributed by atoms with van der Waals surface area (Å²) in [5, 5.41) is 0.945. The molecule has 2 unspecified atom stereocenters. The summed E-state index contributed by atoms with van der Waals surface area (Å²) in [5.74, 6) is -1.62. The Balaban J connectivity index is 1.00. The minimum Gasteiger partial charge on any atom is -0.432 e. The Bertz CT molecular complexity index is 1930. The summed E-state index contributed by atoms with van der Waals surface area (Å²) in [6.45, 7) is 1.09. The van der Waals surface area contributed by atoms with Gasteiger partial charge in [-0.25, -0.2) is 9.97 Å². The minimum atomic E-state index is -0.428. The van der Waals surface area contributed by atoms with E-state index in [0.717, 1.165) is 12.8 Å². The molecule has 0 amide bonds. The normalized spacial score (nSPS) is 20.7. The summed E-state index contributed by atoms with van der Waals surface area (Å²) in [6.07, 6.45) is 3.58. The number of nitrogens with zero attached hydrogens (tertiary/aromatic N) is 5. The Morgan fingerprint density at radius 3 is 1.52 bits per heavy atom. The first-order chi connectivity index (χ1) is 22.2. The topological polar surface area (TPSA) is 130 Å². The molecule has 13 heteroatoms. The van der Waals surface area contributed by atoms with Gasteiger partial charge in [-0.05, 0) is 56.3 Å². The number of Topliss-reactive ketones (excluding diaryl/α,β-unsaturated/α-hetero) is 2. The molecule has 2 aliphatic carbocycles. The van der Waals surface area contributed by atoms with Crippen LogP contribution in [0, 0.1) is 0 Å². The van der Waals surface area contributed by atoms with Crippen LogP contribution in [0.5, 0.6) is 0 Å². The van der Waals surface area contributed by atoms with Crippen molar-refractivity contribution in [3.8, 4) is 22.9 Å². The van der Waals surface area contributed by atoms with E-state index in [9.17, 15) is 19.2 Å². The monoisotopic (exact) mass is 655 g/mol. The van der Waals surface area contributed by atoms with Crippen LogP contribution >= 0.6 is 23.2 Å². The second-order valence-electron chi connectivity index (χ2n) is 11.5. The molecule has 2 fully saturated rings. The zero-order chi connectivity index (χ0) is 31.9. The Morgan fingerprint density at radius 2 is 1.15 bits per heavy atom. The molecule has 2 aromatic carbocycles. The number of carbonyl (C=O) groups is 4. The van der Waals surface area contributed by atoms with Crippen molar-refractivity contribution < 1.29 is 28.0 Å². The van der Waals surface area contributed by atoms with Gasteiger partial charge < -0.3 is 18.6 Å². The number of hydrogen-bond donors (Lipinski definition) is 0. The lowest BCUT2D eigenvalue weighted by Crippen LogP contribution is -2.66. The Kier molecular flexibility index (Phi) is 6.61. The third-order valence-corrected chi connectivity index (χ3v) is 9.28. The molecule has 8 rings (SSSR count). The van der Waals surface area contributed by atoms with Gasteiger partial charge >= 0.3 is 0 Å². The van der Waals surface area contributed by atoms with Crippen molar-refractivity contribution in [2.24, 2.45) is 0 Å². The van der Waals surface area contributed by atoms with Crippen LogP contribution in [0.15, 0.2) is 80.9 Å². The average molecular weight is 656 g/mol. The summed E-state index contributed by atoms with van der Waals surface area (Å²) in [5.41, 5.74) is 1.50. The van der Waals surface area contributed by atoms with E-state index in [2.05, 4.69) is 9.97 Å². The SMILES string of the molecule is CN(C1CCN1C1=CC(=O)c2nc(-c3cccc(Cl)c3)oc2C1=O)C1CCN1C1=CC(=O)c2nc(-c3cccc(Cl)c3)oc2C1=O. The van der Waals surface area contributed by atoms with Gasteiger partial charge in [-0.3, -0.25) is 24.1 Å². The lowest BCUT2D eigenvalue weighted by Gasteiger charge is -2.56. The number of ketones is 4. The molecule has 0 spiro atoms. The number of rotatable bonds is 6. The summed E-state index contributed by atoms with van der Waals surface area (Å²) >= 11 is 12.2. The lowest BCUT2D eigenvalue weighted by atomic mass is 9.95. The van der Waals surface area contributed by atoms with Crippen LogP contribution in [0.1, 0.15) is 54.9 Å². The van der Waals surface area contributed by atoms with E-state index >= 15 is 0 Å². The zero-order valence-electron chi connectivity index (χ0n) is 24.2. The van der Waals surface area contributed by atoms with Crippen molar-refractivity contribution in [3.63, 3.8) is 0 Å². The summed E-state index contributed by atoms with van der Waals surface area (Å²) in [6, 6.07) is 13.6. The van der Waals surface area contributed by atoms with Crippen molar-refractivity contribution in [3.05, 3.63) is 105 Å². The van der Waals surface area contributed by atoms with E-state index in [1.807, 2.05) is 21.7 Å². The van der Waals surface area contributed by atoms with Crippen LogP contribution in [-0.2, 0) is 0 Å². The minimum absolute atomic E-state index is 0.0305. The average Bonchev–Trinajstić information content (AvgIpc) is 3.64. The Labute approximate surface area is 271 Å². The highest BCUT2D eigenvalue weighted by molar-refractivity contribution is 6.31. The first-order valence-corrected chi connectivity index (χ1v) is 15.3. The molecule has 0 radical (unpaired) electrons. The second kappa shape index (κ2) is 10.6. The van der Waals surface area contributed by atoms with Gasteiger partial charge in [-0.1, -0.05) is 35.3 Å². The Hall–Kier alpha value is -4.84. The molecular weight excluding hydrogens is 633 g/mol. The number of benzene rings is 2. The first-order valence-electron chi connectivity index (χ1n) is 14.6. The maximum Gasteiger partial charge on any atom is 0.246 e. The summed E-state index contributed by atoms with van der Waals surface area (Å²) in [4.78, 5) is 67.7. The number of carbonyl (C=O) groups excluding carboxylic acids is 4. The van der Waals surface area contributed by atoms with Gasteiger partial charge in [0.05, 0.1) is 23.7 Å². The smallest absolute Gasteiger partial charge is 0.246 e. The maximum atomic E-state index is 13.6. The molecular formula is C33H23Cl2N5O6. The summed E-state index contributed by atoms with van der Waals surface area (Å²) in [7, 11) is 1.90. The van der Waals surface area contributed by atoms with Gasteiger partial charge in [0, 0.05) is 46.4 Å². The molecule has 2 aliphatic heterocycles. The largest absolute Gasteiger partial charge is 0.432 e. The van der Waals surface area contributed by atoms with Gasteiger partial charge in [0.15, 0.2) is 11.4 Å². The number of fused-ring (bicyclic) bond motifs is 2. The van der Waals surface area contributed by atoms with E-state index < -0.39 is 23.1 Å². The van der Waals surface area contributed by atoms with Crippen molar-refractivity contribution in [2.45, 2.75) is 25.2 Å². The third-order valence-electron chi connectivity index (χ3n) is 8.81. The van der Waals surface area contributed by atoms with Crippen molar-refractivity contribution in [1.82, 2.24) is 24.7 Å². The van der Waals surface area contributed by atoms with Gasteiger partial charge in [-0.15, -0.1) is 0 Å². The quantitative estimate of drug-likeness (QED) is 0.260. The molecule has 46 heavy (non-hydrogen) atoms. The van der Waals surface area contributed by atoms with E-state index in [-0.39, 0.29) is 58.4 Å². The fourth-order valence-corrected chi connectivity index (χ4v) is 6.68. The van der Waals surface area contributed by atoms with Crippen LogP contribution < -0.4 is 0 Å². The molecule has 230 valence electrons. The first kappa shape index (κ1) is 28.6. The van der Waals surface area contributed by atoms with Crippen LogP contribution in [0.25, 0.3) is 22.9 Å². The number of aromatic nitrogens is 2. The highest BCUT2D eigenvalue weighted by Gasteiger charge is 2.47. The molecule has 2 aromatic heterocycles. The molecule has 4 aliphatic rings. The molecule has 4 aromatic rings. The van der Waals surface area contributed by atoms with Gasteiger partial charge in [0.25, 0.3) is 0 Å². The highest BCUT2D eigenvalue weighted by atomic mass is 35.5. The predicted octanol–water partition coefficient (Wildman–Crippen LogP) is 5.52. The van der Waals surface area contributed by atoms with Gasteiger partial charge in [0.1, 0.15) is 0 Å². The number of likely N-dealkylation sites (tertiary alicyclic amines) is 2. The third kappa shape index (κ3) is 4.45. The molecule has 11 nitrogen and oxygen atoms in total. The second-order valence-corrected chi connectivity index (χ2v) is 12.3. The predicted molar refractivity (Wildman–Crippen MR) is 165 cm³/mol. The van der Waals surface area contributed by atoms with Crippen molar-refractivity contribution in [2.75, 3.05) is 20.1 Å². The number of halogens is 2. The van der Waals surface area contributed by atoms with Crippen LogP contribution in [0.3, 0.4) is 0 Å². The molecule has 2 saturated heterocycles. The number of hydrogen-bond acceptors (Lipinski definition) is 11. The van der Waals surface area contributed by atoms with Crippen molar-refractivity contribution in [1.29, 1.82) is 0 Å². The number of oxazole rings is 2. The molecule has 0 saturated carbocycles. The van der Waals surface area contributed by atoms with E-state index in [1.165, 1.54) is 12.2 Å². The summed E-state index contributed by atoms with van der Waals surface area (Å²) < 4.78 is 11.6. The van der Waals surface area contributed by atoms with Crippen LogP contribution in [0.4, 0.5) is 0 Å². The van der Waals surface area contributed by atoms with Gasteiger partial charge in [-0.2, -0.15) is 0 Å². The Morgan fingerprint density at radius 1 is 0.717 bits per heavy atom. The standard InChI is InChI=1S/C33H23Cl2N5O6/c1-38(24-8-10-39(24)20-14-22(41)26-30(28(20)43)45-32(36-26)16-4-2-6-18(34)12-16)25-9-11-40(25)21-15-23(42)27-31(29(21)44)46-33(37-27)17-5-3-7-19(35)13-17/h2-7,12-15,24-25H,8-11H2,1H3. The van der Waals surface area contributed by atoms with E-state index in [0.29, 0.717) is 34.3 Å². The van der Waals surface area contributed by atoms with Crippen LogP contribution in [-0.4, -0.2) is 80.3 Å². The van der Waals surface area contributed by atoms with Crippen molar-refractivity contribution >= 4 is 46.3 Å². The van der Waals surface area contributed by atoms with E-state index in [4.69, 9.17) is 32.0 Å². The highest BCUT2D eigenvalue weighted by Crippen LogP contribution is 2.38. The maximum absolute atomic E-state index is 13.6. The van der Waals surface area contributed by atoms with Gasteiger partial charge in [0.2, 0.25) is 46.4 Å². The number of allylic oxidation sites excluding steroid dienone is 4. The van der Waals surface area contributed by atoms with E-state index in [1.54, 1.807) is 48.5 Å². The molecule has 2 atom stereocenters. The molecule has 0 bridgehead atoms. The fraction of sp³-hybridized carbons (Fsp3) is 0.212. The fourth-order valence-electron chi connectivity index (χ4n) is 6.30. The van der Waals surface area contributed by atoms with Crippen LogP contribution in [0.2, 0.25) is 10.0 Å². The molecule has 0 N–H and O–H groups in total. The lowest BCUT2D eigenvalue weighted by molar-refractivity contribution is -0.0904. The molecule has 4 heterocycles. The zero-order valence-corrected chi connectivity index (χ0v) is 25.7.